The van der Waals surface area contributed by atoms with E-state index < -0.39 is 11.6 Å². The molecule has 0 saturated carbocycles. The number of nitrogens with zero attached hydrogens (tertiary/aromatic N) is 2. The highest BCUT2D eigenvalue weighted by molar-refractivity contribution is 5.76. The Hall–Kier alpha value is -1.19. The maximum absolute atomic E-state index is 11.4. The van der Waals surface area contributed by atoms with Gasteiger partial charge in [-0.3, -0.25) is 0 Å². The molecular formula is C9H14N2O2. The summed E-state index contributed by atoms with van der Waals surface area (Å²) in [6, 6.07) is -0.454. The van der Waals surface area contributed by atoms with Crippen LogP contribution in [-0.4, -0.2) is 17.6 Å². The Kier molecular flexibility index (Phi) is 2.80. The number of hydrogen-bond donors (Lipinski definition) is 0. The van der Waals surface area contributed by atoms with Gasteiger partial charge in [0.2, 0.25) is 0 Å². The number of ether oxygens (including phenoxy) is 1. The minimum atomic E-state index is -0.454. The summed E-state index contributed by atoms with van der Waals surface area (Å²) in [5.74, 6) is -0.305. The van der Waals surface area contributed by atoms with Crippen molar-refractivity contribution in [1.29, 1.82) is 0 Å². The molecule has 1 rings (SSSR count). The number of carbonyl (C=O) groups is 1. The van der Waals surface area contributed by atoms with Crippen LogP contribution in [0.3, 0.4) is 0 Å². The molecule has 0 aromatic rings. The van der Waals surface area contributed by atoms with Crippen molar-refractivity contribution >= 4 is 5.97 Å². The highest BCUT2D eigenvalue weighted by Gasteiger charge is 2.24. The lowest BCUT2D eigenvalue weighted by atomic mass is 10.1. The van der Waals surface area contributed by atoms with Crippen molar-refractivity contribution in [2.75, 3.05) is 0 Å². The van der Waals surface area contributed by atoms with Gasteiger partial charge in [-0.05, 0) is 20.8 Å². The van der Waals surface area contributed by atoms with E-state index in [-0.39, 0.29) is 5.97 Å². The molecule has 0 aromatic carbocycles. The van der Waals surface area contributed by atoms with Gasteiger partial charge in [-0.15, -0.1) is 0 Å². The smallest absolute Gasteiger partial charge is 0.333 e. The molecule has 0 saturated heterocycles. The maximum Gasteiger partial charge on any atom is 0.333 e. The van der Waals surface area contributed by atoms with Gasteiger partial charge in [-0.1, -0.05) is 6.08 Å². The summed E-state index contributed by atoms with van der Waals surface area (Å²) in [5.41, 5.74) is -0.451. The third kappa shape index (κ3) is 3.36. The lowest BCUT2D eigenvalue weighted by Gasteiger charge is -2.21. The van der Waals surface area contributed by atoms with E-state index in [0.717, 1.165) is 0 Å². The minimum absolute atomic E-state index is 0.305. The lowest BCUT2D eigenvalue weighted by molar-refractivity contribution is -0.156. The molecule has 1 heterocycles. The molecule has 1 atom stereocenters. The van der Waals surface area contributed by atoms with Gasteiger partial charge in [0.05, 0.1) is 0 Å². The number of esters is 1. The summed E-state index contributed by atoms with van der Waals surface area (Å²) in [6.45, 7) is 5.50. The van der Waals surface area contributed by atoms with Gasteiger partial charge in [0, 0.05) is 12.6 Å². The van der Waals surface area contributed by atoms with Gasteiger partial charge in [0.1, 0.15) is 5.60 Å². The van der Waals surface area contributed by atoms with E-state index in [1.807, 2.05) is 26.8 Å². The van der Waals surface area contributed by atoms with Crippen molar-refractivity contribution in [3.05, 3.63) is 12.3 Å². The molecule has 13 heavy (non-hydrogen) atoms. The van der Waals surface area contributed by atoms with Gasteiger partial charge in [-0.2, -0.15) is 10.2 Å². The first-order chi connectivity index (χ1) is 5.99. The SMILES string of the molecule is CC(C)(C)OC(=O)C1CC=CN=N1. The zero-order valence-corrected chi connectivity index (χ0v) is 8.15. The number of azo groups is 1. The fourth-order valence-electron chi connectivity index (χ4n) is 0.916. The molecular weight excluding hydrogens is 168 g/mol. The van der Waals surface area contributed by atoms with Gasteiger partial charge >= 0.3 is 5.97 Å². The minimum Gasteiger partial charge on any atom is -0.458 e. The van der Waals surface area contributed by atoms with E-state index in [0.29, 0.717) is 6.42 Å². The summed E-state index contributed by atoms with van der Waals surface area (Å²) < 4.78 is 5.15. The molecule has 1 aliphatic heterocycles. The number of hydrogen-bond acceptors (Lipinski definition) is 4. The normalized spacial score (nSPS) is 21.6. The maximum atomic E-state index is 11.4. The molecule has 0 bridgehead atoms. The second-order valence-electron chi connectivity index (χ2n) is 3.90. The third-order valence-electron chi connectivity index (χ3n) is 1.42. The van der Waals surface area contributed by atoms with Crippen LogP contribution in [-0.2, 0) is 9.53 Å². The van der Waals surface area contributed by atoms with E-state index in [1.54, 1.807) is 6.20 Å². The second-order valence-corrected chi connectivity index (χ2v) is 3.90. The molecule has 0 radical (unpaired) electrons. The molecule has 0 fully saturated rings. The fraction of sp³-hybridized carbons (Fsp3) is 0.667. The monoisotopic (exact) mass is 182 g/mol. The molecule has 4 nitrogen and oxygen atoms in total. The molecule has 0 aromatic heterocycles. The molecule has 4 heteroatoms. The van der Waals surface area contributed by atoms with Crippen LogP contribution in [0, 0.1) is 0 Å². The highest BCUT2D eigenvalue weighted by atomic mass is 16.6. The first-order valence-electron chi connectivity index (χ1n) is 4.27. The van der Waals surface area contributed by atoms with Crippen molar-refractivity contribution in [3.8, 4) is 0 Å². The van der Waals surface area contributed by atoms with Crippen LogP contribution < -0.4 is 0 Å². The van der Waals surface area contributed by atoms with Crippen LogP contribution in [0.1, 0.15) is 27.2 Å². The van der Waals surface area contributed by atoms with E-state index in [1.165, 1.54) is 0 Å². The fourth-order valence-corrected chi connectivity index (χ4v) is 0.916. The highest BCUT2D eigenvalue weighted by Crippen LogP contribution is 2.14. The predicted molar refractivity (Wildman–Crippen MR) is 48.2 cm³/mol. The molecule has 0 N–H and O–H groups in total. The van der Waals surface area contributed by atoms with Crippen molar-refractivity contribution in [3.63, 3.8) is 0 Å². The van der Waals surface area contributed by atoms with E-state index in [4.69, 9.17) is 4.74 Å². The van der Waals surface area contributed by atoms with Crippen LogP contribution in [0.5, 0.6) is 0 Å². The van der Waals surface area contributed by atoms with Crippen LogP contribution in [0.4, 0.5) is 0 Å². The Morgan fingerprint density at radius 1 is 1.54 bits per heavy atom. The molecule has 1 aliphatic rings. The van der Waals surface area contributed by atoms with E-state index in [9.17, 15) is 4.79 Å². The zero-order chi connectivity index (χ0) is 9.90. The summed E-state index contributed by atoms with van der Waals surface area (Å²) in [5, 5.41) is 7.43. The topological polar surface area (TPSA) is 51.0 Å². The molecule has 72 valence electrons. The van der Waals surface area contributed by atoms with Gasteiger partial charge in [0.15, 0.2) is 6.04 Å². The molecule has 0 aliphatic carbocycles. The second kappa shape index (κ2) is 3.68. The van der Waals surface area contributed by atoms with Gasteiger partial charge in [-0.25, -0.2) is 4.79 Å². The van der Waals surface area contributed by atoms with Gasteiger partial charge in [0.25, 0.3) is 0 Å². The average Bonchev–Trinajstić information content (AvgIpc) is 2.03. The van der Waals surface area contributed by atoms with Crippen molar-refractivity contribution < 1.29 is 9.53 Å². The Balaban J connectivity index is 2.49. The Morgan fingerprint density at radius 3 is 2.69 bits per heavy atom. The van der Waals surface area contributed by atoms with E-state index in [2.05, 4.69) is 10.2 Å². The lowest BCUT2D eigenvalue weighted by Crippen LogP contribution is -2.30. The quantitative estimate of drug-likeness (QED) is 0.583. The Morgan fingerprint density at radius 2 is 2.23 bits per heavy atom. The summed E-state index contributed by atoms with van der Waals surface area (Å²) in [4.78, 5) is 11.4. The van der Waals surface area contributed by atoms with Crippen molar-refractivity contribution in [2.45, 2.75) is 38.8 Å². The van der Waals surface area contributed by atoms with Gasteiger partial charge < -0.3 is 4.74 Å². The summed E-state index contributed by atoms with van der Waals surface area (Å²) >= 11 is 0. The zero-order valence-electron chi connectivity index (χ0n) is 8.15. The number of rotatable bonds is 1. The van der Waals surface area contributed by atoms with Crippen molar-refractivity contribution in [2.24, 2.45) is 10.2 Å². The summed E-state index contributed by atoms with van der Waals surface area (Å²) in [7, 11) is 0. The Bertz CT molecular complexity index is 251. The van der Waals surface area contributed by atoms with Crippen LogP contribution in [0.25, 0.3) is 0 Å². The average molecular weight is 182 g/mol. The standard InChI is InChI=1S/C9H14N2O2/c1-9(2,3)13-8(12)7-5-4-6-10-11-7/h4,6-7H,5H2,1-3H3. The Labute approximate surface area is 77.7 Å². The van der Waals surface area contributed by atoms with Crippen LogP contribution in [0.15, 0.2) is 22.5 Å². The number of carbonyl (C=O) groups excluding carboxylic acids is 1. The first-order valence-corrected chi connectivity index (χ1v) is 4.27. The third-order valence-corrected chi connectivity index (χ3v) is 1.42. The first kappa shape index (κ1) is 9.89. The van der Waals surface area contributed by atoms with Crippen molar-refractivity contribution in [1.82, 2.24) is 0 Å². The molecule has 0 amide bonds. The summed E-state index contributed by atoms with van der Waals surface area (Å²) in [6.07, 6.45) is 3.97. The predicted octanol–water partition coefficient (Wildman–Crippen LogP) is 2.07. The molecule has 1 unspecified atom stereocenters. The largest absolute Gasteiger partial charge is 0.458 e. The van der Waals surface area contributed by atoms with E-state index >= 15 is 0 Å². The van der Waals surface area contributed by atoms with Crippen LogP contribution in [0.2, 0.25) is 0 Å². The van der Waals surface area contributed by atoms with Crippen LogP contribution >= 0.6 is 0 Å². The molecule has 0 spiro atoms.